The molecule has 11 nitrogen and oxygen atoms in total. The zero-order valence-electron chi connectivity index (χ0n) is 30.8. The Balaban J connectivity index is 0.00000833. The molecule has 2 aromatic rings. The summed E-state index contributed by atoms with van der Waals surface area (Å²) in [5.41, 5.74) is 3.46. The molecule has 49 heavy (non-hydrogen) atoms. The van der Waals surface area contributed by atoms with E-state index in [0.29, 0.717) is 51.2 Å². The number of carbonyl (C=O) groups excluding carboxylic acids is 3. The molecule has 1 aliphatic heterocycles. The molecule has 0 spiro atoms. The summed E-state index contributed by atoms with van der Waals surface area (Å²) in [6.45, 7) is 17.7. The Kier molecular flexibility index (Phi) is 17.6. The Morgan fingerprint density at radius 1 is 0.898 bits per heavy atom. The highest BCUT2D eigenvalue weighted by Gasteiger charge is 2.31. The number of phenolic OH excluding ortho intramolecular Hbond substituents is 1. The number of rotatable bonds is 19. The molecule has 0 aliphatic carbocycles. The Labute approximate surface area is 297 Å². The normalized spacial score (nSPS) is 14.2. The fourth-order valence-corrected chi connectivity index (χ4v) is 7.38. The molecule has 1 aromatic carbocycles. The molecule has 0 unspecified atom stereocenters. The van der Waals surface area contributed by atoms with E-state index in [1.165, 1.54) is 27.7 Å². The van der Waals surface area contributed by atoms with Crippen molar-refractivity contribution < 1.29 is 29.8 Å². The first kappa shape index (κ1) is 42.5. The summed E-state index contributed by atoms with van der Waals surface area (Å²) in [5.74, 6) is 5.49. The second-order valence-electron chi connectivity index (χ2n) is 15.5. The number of unbranched alkanes of at least 4 members (excludes halogenated alkanes) is 5. The average Bonchev–Trinajstić information content (AvgIpc) is 3.32. The highest BCUT2D eigenvalue weighted by Crippen LogP contribution is 2.37. The number of piperazine rings is 1. The van der Waals surface area contributed by atoms with E-state index < -0.39 is 0 Å². The van der Waals surface area contributed by atoms with Crippen molar-refractivity contribution in [3.63, 3.8) is 0 Å². The van der Waals surface area contributed by atoms with Gasteiger partial charge in [0.2, 0.25) is 16.8 Å². The standard InChI is InChI=1S/C37H61N5O5S.H2O/c1-36(2,3)24-29-28-17-18-31(44)30(34(28)40-35(29)48-37(4,5)6)25-41-20-22-42(23-21-41)33(46)16-12-9-13-19-39-32(45)15-11-8-7-10-14-27(43)26-47-38;/h17-18,40,44H,7-16,19-26,38H2,1-6H3,(H,39,45);1H2. The maximum absolute atomic E-state index is 12.9. The first-order chi connectivity index (χ1) is 22.7. The summed E-state index contributed by atoms with van der Waals surface area (Å²) in [6.07, 6.45) is 8.49. The van der Waals surface area contributed by atoms with Crippen LogP contribution in [0.5, 0.6) is 5.75 Å². The van der Waals surface area contributed by atoms with Gasteiger partial charge in [0.25, 0.3) is 0 Å². The van der Waals surface area contributed by atoms with E-state index in [9.17, 15) is 19.5 Å². The number of H-pyrrole nitrogens is 1. The van der Waals surface area contributed by atoms with Crippen LogP contribution in [0.1, 0.15) is 117 Å². The molecule has 0 saturated carbocycles. The van der Waals surface area contributed by atoms with Crippen molar-refractivity contribution in [2.75, 3.05) is 39.3 Å². The van der Waals surface area contributed by atoms with Gasteiger partial charge in [-0.3, -0.25) is 24.1 Å². The largest absolute Gasteiger partial charge is 0.870 e. The van der Waals surface area contributed by atoms with Gasteiger partial charge in [0.05, 0.1) is 5.52 Å². The number of hydrogen-bond donors (Lipinski definition) is 4. The molecule has 3 rings (SSSR count). The molecule has 0 radical (unpaired) electrons. The number of phenols is 1. The number of nitrogens with two attached hydrogens (primary N) is 1. The number of fused-ring (bicyclic) bond motifs is 1. The predicted octanol–water partition coefficient (Wildman–Crippen LogP) is 5.38. The van der Waals surface area contributed by atoms with Gasteiger partial charge < -0.3 is 25.8 Å². The summed E-state index contributed by atoms with van der Waals surface area (Å²) >= 11 is 1.25. The minimum Gasteiger partial charge on any atom is -0.870 e. The third-order valence-electron chi connectivity index (χ3n) is 8.65. The molecule has 2 heterocycles. The number of thiol groups is 1. The minimum absolute atomic E-state index is 0. The molecule has 6 N–H and O–H groups in total. The predicted molar refractivity (Wildman–Crippen MR) is 198 cm³/mol. The van der Waals surface area contributed by atoms with Gasteiger partial charge in [-0.25, -0.2) is 5.90 Å². The van der Waals surface area contributed by atoms with Crippen LogP contribution >= 0.6 is 0 Å². The van der Waals surface area contributed by atoms with Crippen LogP contribution in [-0.2, 0) is 43.9 Å². The highest BCUT2D eigenvalue weighted by atomic mass is 32.2. The number of benzene rings is 1. The Morgan fingerprint density at radius 3 is 2.16 bits per heavy atom. The number of nitrogens with one attached hydrogen (secondary N) is 2. The zero-order valence-corrected chi connectivity index (χ0v) is 31.7. The first-order valence-electron chi connectivity index (χ1n) is 17.9. The third-order valence-corrected chi connectivity index (χ3v) is 9.92. The van der Waals surface area contributed by atoms with E-state index in [1.807, 2.05) is 11.0 Å². The topological polar surface area (TPSA) is 171 Å². The zero-order chi connectivity index (χ0) is 35.3. The second kappa shape index (κ2) is 20.3. The maximum atomic E-state index is 12.9. The van der Waals surface area contributed by atoms with Gasteiger partial charge in [-0.15, -0.1) is 0 Å². The van der Waals surface area contributed by atoms with Crippen molar-refractivity contribution in [1.82, 2.24) is 20.1 Å². The van der Waals surface area contributed by atoms with Crippen molar-refractivity contribution in [1.29, 1.82) is 0 Å². The number of nitrogens with zero attached hydrogens (tertiary/aromatic N) is 2. The Morgan fingerprint density at radius 2 is 1.53 bits per heavy atom. The molecule has 1 aromatic heterocycles. The number of ketones is 1. The lowest BCUT2D eigenvalue weighted by molar-refractivity contribution is -0.133. The van der Waals surface area contributed by atoms with Crippen LogP contribution in [0.25, 0.3) is 10.9 Å². The number of Topliss-reactive ketones (excluding diaryl/α,β-unsaturated/α-hetero) is 1. The summed E-state index contributed by atoms with van der Waals surface area (Å²) in [5, 5.41) is 16.4. The Hall–Kier alpha value is -2.64. The molecule has 1 saturated heterocycles. The molecule has 0 bridgehead atoms. The molecule has 0 atom stereocenters. The van der Waals surface area contributed by atoms with Gasteiger partial charge >= 0.3 is 0 Å². The van der Waals surface area contributed by atoms with Gasteiger partial charge in [-0.1, -0.05) is 40.0 Å². The van der Waals surface area contributed by atoms with Crippen LogP contribution in [0.15, 0.2) is 17.2 Å². The quantitative estimate of drug-likeness (QED) is 0.0653. The summed E-state index contributed by atoms with van der Waals surface area (Å²) in [7, 11) is 0. The van der Waals surface area contributed by atoms with E-state index >= 15 is 0 Å². The van der Waals surface area contributed by atoms with E-state index in [0.717, 1.165) is 75.5 Å². The molecule has 2 amide bonds. The van der Waals surface area contributed by atoms with Crippen LogP contribution in [0, 0.1) is 5.41 Å². The van der Waals surface area contributed by atoms with Gasteiger partial charge in [-0.05, 0) is 70.4 Å². The number of aromatic hydroxyl groups is 1. The van der Waals surface area contributed by atoms with Crippen molar-refractivity contribution in [2.24, 2.45) is 11.3 Å². The van der Waals surface area contributed by atoms with Crippen LogP contribution < -0.4 is 11.2 Å². The first-order valence-corrected chi connectivity index (χ1v) is 18.7. The van der Waals surface area contributed by atoms with Gasteiger partial charge in [0, 0.05) is 86.8 Å². The summed E-state index contributed by atoms with van der Waals surface area (Å²) in [4.78, 5) is 48.8. The summed E-state index contributed by atoms with van der Waals surface area (Å²) < 4.78 is 0.113. The summed E-state index contributed by atoms with van der Waals surface area (Å²) in [6, 6.07) is 3.91. The lowest BCUT2D eigenvalue weighted by Gasteiger charge is -2.35. The van der Waals surface area contributed by atoms with Gasteiger partial charge in [0.1, 0.15) is 17.1 Å². The van der Waals surface area contributed by atoms with Crippen molar-refractivity contribution in [3.8, 4) is 5.75 Å². The molecule has 278 valence electrons. The minimum atomic E-state index is -0.0366. The number of amides is 2. The second-order valence-corrected chi connectivity index (χ2v) is 17.6. The van der Waals surface area contributed by atoms with E-state index in [4.69, 9.17) is 5.90 Å². The van der Waals surface area contributed by atoms with Crippen LogP contribution in [0.4, 0.5) is 0 Å². The maximum Gasteiger partial charge on any atom is 0.227 e. The lowest BCUT2D eigenvalue weighted by atomic mass is 9.88. The van der Waals surface area contributed by atoms with Crippen LogP contribution in [0.2, 0.25) is 0 Å². The average molecular weight is 706 g/mol. The molecule has 1 aliphatic rings. The van der Waals surface area contributed by atoms with Crippen LogP contribution in [-0.4, -0.2) is 87.0 Å². The number of hydrogen-bond acceptors (Lipinski definition) is 8. The van der Waals surface area contributed by atoms with Crippen molar-refractivity contribution in [2.45, 2.75) is 128 Å². The highest BCUT2D eigenvalue weighted by molar-refractivity contribution is 7.80. The molecular weight excluding hydrogens is 643 g/mol. The fourth-order valence-electron chi connectivity index (χ4n) is 6.21. The van der Waals surface area contributed by atoms with E-state index in [-0.39, 0.29) is 39.8 Å². The van der Waals surface area contributed by atoms with E-state index in [1.54, 1.807) is 0 Å². The molecular formula is C37H63N5O6S. The molecule has 1 fully saturated rings. The third kappa shape index (κ3) is 15.0. The van der Waals surface area contributed by atoms with Gasteiger partial charge in [0.15, 0.2) is 5.78 Å². The van der Waals surface area contributed by atoms with Crippen molar-refractivity contribution in [3.05, 3.63) is 23.3 Å². The SMILES string of the molecule is CC(C)(C)Cc1c([SH+]C(C)(C)C)[nH]c2c(CN3CCN(C(=O)CCCCCNC(=O)CCCCCCC(=O)CON)CC3)c(O)ccc12.[OH-]. The number of carbonyl (C=O) groups is 3. The number of aromatic nitrogens is 1. The fraction of sp³-hybridized carbons (Fsp3) is 0.703. The van der Waals surface area contributed by atoms with Crippen LogP contribution in [0.3, 0.4) is 0 Å². The van der Waals surface area contributed by atoms with E-state index in [2.05, 4.69) is 67.6 Å². The van der Waals surface area contributed by atoms with Gasteiger partial charge in [-0.2, -0.15) is 0 Å². The van der Waals surface area contributed by atoms with Crippen molar-refractivity contribution >= 4 is 40.3 Å². The number of aromatic amines is 1. The molecule has 12 heteroatoms. The lowest BCUT2D eigenvalue weighted by Crippen LogP contribution is -2.48. The monoisotopic (exact) mass is 705 g/mol. The Bertz CT molecular complexity index is 1340. The smallest absolute Gasteiger partial charge is 0.227 e.